The van der Waals surface area contributed by atoms with Crippen molar-refractivity contribution < 1.29 is 9.59 Å². The van der Waals surface area contributed by atoms with Crippen molar-refractivity contribution in [3.05, 3.63) is 82.9 Å². The first-order valence-electron chi connectivity index (χ1n) is 11.1. The summed E-state index contributed by atoms with van der Waals surface area (Å²) in [5.41, 5.74) is 1.96. The van der Waals surface area contributed by atoms with Crippen molar-refractivity contribution in [1.29, 1.82) is 0 Å². The normalized spacial score (nSPS) is 12.0. The lowest BCUT2D eigenvalue weighted by Crippen LogP contribution is -2.48. The van der Waals surface area contributed by atoms with E-state index in [1.165, 1.54) is 0 Å². The maximum absolute atomic E-state index is 13.4. The first-order chi connectivity index (χ1) is 15.4. The molecule has 0 aliphatic carbocycles. The van der Waals surface area contributed by atoms with Crippen LogP contribution in [0, 0.1) is 5.92 Å². The van der Waals surface area contributed by atoms with Crippen molar-refractivity contribution in [2.24, 2.45) is 5.92 Å². The van der Waals surface area contributed by atoms with E-state index in [9.17, 15) is 9.59 Å². The van der Waals surface area contributed by atoms with Crippen LogP contribution in [0.25, 0.3) is 10.8 Å². The van der Waals surface area contributed by atoms with Crippen molar-refractivity contribution in [3.63, 3.8) is 0 Å². The van der Waals surface area contributed by atoms with E-state index in [1.807, 2.05) is 50.2 Å². The van der Waals surface area contributed by atoms with Gasteiger partial charge in [0.25, 0.3) is 0 Å². The molecular weight excluding hydrogens is 420 g/mol. The molecular formula is C27H31ClN2O2. The van der Waals surface area contributed by atoms with Gasteiger partial charge in [-0.1, -0.05) is 86.1 Å². The van der Waals surface area contributed by atoms with Gasteiger partial charge in [0.15, 0.2) is 0 Å². The van der Waals surface area contributed by atoms with E-state index < -0.39 is 6.04 Å². The third-order valence-electron chi connectivity index (χ3n) is 5.64. The molecule has 1 N–H and O–H groups in total. The van der Waals surface area contributed by atoms with Crippen molar-refractivity contribution in [2.75, 3.05) is 6.54 Å². The van der Waals surface area contributed by atoms with Gasteiger partial charge in [-0.15, -0.1) is 0 Å². The second kappa shape index (κ2) is 11.1. The number of hydrogen-bond acceptors (Lipinski definition) is 2. The van der Waals surface area contributed by atoms with Gasteiger partial charge in [-0.05, 0) is 47.2 Å². The molecule has 0 fully saturated rings. The number of fused-ring (bicyclic) bond motifs is 1. The van der Waals surface area contributed by atoms with E-state index in [0.717, 1.165) is 21.9 Å². The molecule has 1 unspecified atom stereocenters. The summed E-state index contributed by atoms with van der Waals surface area (Å²) in [4.78, 5) is 27.8. The number of hydrogen-bond donors (Lipinski definition) is 1. The molecule has 0 saturated heterocycles. The minimum Gasteiger partial charge on any atom is -0.354 e. The molecule has 3 aromatic rings. The number of halogens is 1. The topological polar surface area (TPSA) is 49.4 Å². The van der Waals surface area contributed by atoms with E-state index in [0.29, 0.717) is 36.9 Å². The summed E-state index contributed by atoms with van der Waals surface area (Å²) in [7, 11) is 0. The van der Waals surface area contributed by atoms with E-state index in [2.05, 4.69) is 29.6 Å². The third kappa shape index (κ3) is 6.10. The lowest BCUT2D eigenvalue weighted by Gasteiger charge is -2.29. The summed E-state index contributed by atoms with van der Waals surface area (Å²) in [6, 6.07) is 21.2. The van der Waals surface area contributed by atoms with Gasteiger partial charge >= 0.3 is 0 Å². The number of carbonyl (C=O) groups excluding carboxylic acids is 2. The van der Waals surface area contributed by atoms with Crippen LogP contribution < -0.4 is 5.32 Å². The summed E-state index contributed by atoms with van der Waals surface area (Å²) >= 11 is 6.36. The Morgan fingerprint density at radius 3 is 2.31 bits per heavy atom. The summed E-state index contributed by atoms with van der Waals surface area (Å²) in [5.74, 6) is 0.125. The molecule has 5 heteroatoms. The van der Waals surface area contributed by atoms with E-state index >= 15 is 0 Å². The summed E-state index contributed by atoms with van der Waals surface area (Å²) in [5, 5.41) is 5.86. The van der Waals surface area contributed by atoms with Crippen molar-refractivity contribution in [3.8, 4) is 0 Å². The van der Waals surface area contributed by atoms with Gasteiger partial charge in [-0.3, -0.25) is 9.59 Å². The second-order valence-electron chi connectivity index (χ2n) is 8.57. The van der Waals surface area contributed by atoms with Crippen molar-refractivity contribution in [2.45, 2.75) is 46.2 Å². The second-order valence-corrected chi connectivity index (χ2v) is 8.97. The van der Waals surface area contributed by atoms with Crippen LogP contribution in [0.2, 0.25) is 5.02 Å². The minimum absolute atomic E-state index is 0.0648. The fraction of sp³-hybridized carbons (Fsp3) is 0.333. The van der Waals surface area contributed by atoms with Gasteiger partial charge < -0.3 is 10.2 Å². The highest BCUT2D eigenvalue weighted by molar-refractivity contribution is 6.31. The number of nitrogens with zero attached hydrogens (tertiary/aromatic N) is 1. The van der Waals surface area contributed by atoms with Crippen LogP contribution in [0.3, 0.4) is 0 Å². The van der Waals surface area contributed by atoms with Crippen LogP contribution in [0.4, 0.5) is 0 Å². The monoisotopic (exact) mass is 450 g/mol. The summed E-state index contributed by atoms with van der Waals surface area (Å²) < 4.78 is 0. The quantitative estimate of drug-likeness (QED) is 0.460. The van der Waals surface area contributed by atoms with Gasteiger partial charge in [0, 0.05) is 24.5 Å². The smallest absolute Gasteiger partial charge is 0.242 e. The van der Waals surface area contributed by atoms with Gasteiger partial charge in [0.05, 0.1) is 0 Å². The van der Waals surface area contributed by atoms with E-state index in [4.69, 9.17) is 11.6 Å². The Kier molecular flexibility index (Phi) is 8.29. The maximum Gasteiger partial charge on any atom is 0.242 e. The Hall–Kier alpha value is -2.85. The first kappa shape index (κ1) is 23.8. The van der Waals surface area contributed by atoms with Crippen LogP contribution in [0.15, 0.2) is 66.7 Å². The van der Waals surface area contributed by atoms with Gasteiger partial charge in [0.2, 0.25) is 11.8 Å². The molecule has 1 atom stereocenters. The number of nitrogens with one attached hydrogen (secondary N) is 1. The van der Waals surface area contributed by atoms with Crippen molar-refractivity contribution >= 4 is 34.2 Å². The predicted molar refractivity (Wildman–Crippen MR) is 132 cm³/mol. The summed E-state index contributed by atoms with van der Waals surface area (Å²) in [6.07, 6.45) is 0.930. The van der Waals surface area contributed by atoms with Crippen LogP contribution >= 0.6 is 11.6 Å². The molecule has 0 bridgehead atoms. The average molecular weight is 451 g/mol. The molecule has 4 nitrogen and oxygen atoms in total. The molecule has 3 rings (SSSR count). The lowest BCUT2D eigenvalue weighted by atomic mass is 10.0. The lowest BCUT2D eigenvalue weighted by molar-refractivity contribution is -0.140. The van der Waals surface area contributed by atoms with E-state index in [-0.39, 0.29) is 11.8 Å². The standard InChI is InChI=1S/C27H31ClN2O2/c1-19(2)17-29-27(32)20(3)30(18-23-10-5-7-14-25(23)28)26(31)16-15-22-12-8-11-21-9-4-6-13-24(21)22/h4-14,19-20H,15-18H2,1-3H3,(H,29,32). The zero-order valence-corrected chi connectivity index (χ0v) is 19.7. The Bertz CT molecular complexity index is 1070. The zero-order valence-electron chi connectivity index (χ0n) is 19.0. The number of amides is 2. The predicted octanol–water partition coefficient (Wildman–Crippen LogP) is 5.62. The summed E-state index contributed by atoms with van der Waals surface area (Å²) in [6.45, 7) is 6.74. The Morgan fingerprint density at radius 2 is 1.56 bits per heavy atom. The molecule has 0 aliphatic heterocycles. The molecule has 32 heavy (non-hydrogen) atoms. The van der Waals surface area contributed by atoms with Crippen LogP contribution in [0.1, 0.15) is 38.3 Å². The molecule has 168 valence electrons. The molecule has 0 radical (unpaired) electrons. The average Bonchev–Trinajstić information content (AvgIpc) is 2.80. The zero-order chi connectivity index (χ0) is 23.1. The molecule has 2 amide bonds. The maximum atomic E-state index is 13.4. The fourth-order valence-electron chi connectivity index (χ4n) is 3.74. The molecule has 0 heterocycles. The number of aryl methyl sites for hydroxylation is 1. The Balaban J connectivity index is 1.78. The Morgan fingerprint density at radius 1 is 0.906 bits per heavy atom. The first-order valence-corrected chi connectivity index (χ1v) is 11.5. The largest absolute Gasteiger partial charge is 0.354 e. The van der Waals surface area contributed by atoms with Crippen LogP contribution in [-0.2, 0) is 22.6 Å². The fourth-order valence-corrected chi connectivity index (χ4v) is 3.94. The number of rotatable bonds is 9. The van der Waals surface area contributed by atoms with Gasteiger partial charge in [-0.2, -0.15) is 0 Å². The molecule has 0 aliphatic rings. The third-order valence-corrected chi connectivity index (χ3v) is 6.01. The van der Waals surface area contributed by atoms with Gasteiger partial charge in [-0.25, -0.2) is 0 Å². The molecule has 0 aromatic heterocycles. The van der Waals surface area contributed by atoms with E-state index in [1.54, 1.807) is 17.9 Å². The van der Waals surface area contributed by atoms with Crippen LogP contribution in [0.5, 0.6) is 0 Å². The molecule has 3 aromatic carbocycles. The van der Waals surface area contributed by atoms with Crippen LogP contribution in [-0.4, -0.2) is 29.3 Å². The highest BCUT2D eigenvalue weighted by Crippen LogP contribution is 2.22. The number of benzene rings is 3. The molecule has 0 spiro atoms. The SMILES string of the molecule is CC(C)CNC(=O)C(C)N(Cc1ccccc1Cl)C(=O)CCc1cccc2ccccc12. The number of carbonyl (C=O) groups is 2. The highest BCUT2D eigenvalue weighted by Gasteiger charge is 2.26. The Labute approximate surface area is 195 Å². The highest BCUT2D eigenvalue weighted by atomic mass is 35.5. The van der Waals surface area contributed by atoms with Crippen molar-refractivity contribution in [1.82, 2.24) is 10.2 Å². The minimum atomic E-state index is -0.593. The molecule has 0 saturated carbocycles. The van der Waals surface area contributed by atoms with Gasteiger partial charge in [0.1, 0.15) is 6.04 Å².